The van der Waals surface area contributed by atoms with Crippen LogP contribution in [-0.4, -0.2) is 38.2 Å². The van der Waals surface area contributed by atoms with Gasteiger partial charge in [-0.2, -0.15) is 0 Å². The van der Waals surface area contributed by atoms with Crippen molar-refractivity contribution in [2.75, 3.05) is 18.6 Å². The molecule has 0 bridgehead atoms. The lowest BCUT2D eigenvalue weighted by atomic mass is 9.97. The maximum atomic E-state index is 11.4. The molecule has 2 unspecified atom stereocenters. The van der Waals surface area contributed by atoms with Gasteiger partial charge >= 0.3 is 0 Å². The number of sulfone groups is 1. The molecule has 2 atom stereocenters. The second kappa shape index (κ2) is 5.92. The van der Waals surface area contributed by atoms with Gasteiger partial charge in [-0.05, 0) is 42.9 Å². The normalized spacial score (nSPS) is 23.2. The Hall–Kier alpha value is -1.07. The van der Waals surface area contributed by atoms with Gasteiger partial charge in [0.2, 0.25) is 0 Å². The highest BCUT2D eigenvalue weighted by Gasteiger charge is 2.29. The fraction of sp³-hybridized carbons (Fsp3) is 0.571. The van der Waals surface area contributed by atoms with Gasteiger partial charge in [0.1, 0.15) is 5.75 Å². The van der Waals surface area contributed by atoms with E-state index < -0.39 is 15.9 Å². The van der Waals surface area contributed by atoms with E-state index in [9.17, 15) is 13.5 Å². The zero-order chi connectivity index (χ0) is 13.9. The van der Waals surface area contributed by atoms with Crippen LogP contribution in [0, 0.1) is 5.92 Å². The third-order valence-corrected chi connectivity index (χ3v) is 5.37. The molecule has 4 nitrogen and oxygen atoms in total. The van der Waals surface area contributed by atoms with Crippen molar-refractivity contribution in [3.63, 3.8) is 0 Å². The van der Waals surface area contributed by atoms with Gasteiger partial charge in [0.05, 0.1) is 24.7 Å². The number of aliphatic hydroxyl groups excluding tert-OH is 1. The first-order chi connectivity index (χ1) is 8.98. The van der Waals surface area contributed by atoms with E-state index in [0.717, 1.165) is 11.3 Å². The van der Waals surface area contributed by atoms with E-state index in [1.54, 1.807) is 7.11 Å². The number of hydrogen-bond donors (Lipinski definition) is 1. The summed E-state index contributed by atoms with van der Waals surface area (Å²) >= 11 is 0. The number of ether oxygens (including phenoxy) is 1. The molecule has 0 aromatic heterocycles. The lowest BCUT2D eigenvalue weighted by molar-refractivity contribution is 0.147. The smallest absolute Gasteiger partial charge is 0.150 e. The van der Waals surface area contributed by atoms with Crippen LogP contribution in [0.4, 0.5) is 0 Å². The number of methoxy groups -OCH3 is 1. The van der Waals surface area contributed by atoms with Gasteiger partial charge in [-0.1, -0.05) is 12.1 Å². The predicted molar refractivity (Wildman–Crippen MR) is 74.1 cm³/mol. The summed E-state index contributed by atoms with van der Waals surface area (Å²) in [7, 11) is -1.25. The van der Waals surface area contributed by atoms with Crippen molar-refractivity contribution in [2.45, 2.75) is 25.4 Å². The maximum Gasteiger partial charge on any atom is 0.150 e. The molecule has 1 aliphatic rings. The fourth-order valence-corrected chi connectivity index (χ4v) is 4.48. The molecule has 1 heterocycles. The molecule has 1 fully saturated rings. The summed E-state index contributed by atoms with van der Waals surface area (Å²) in [6.07, 6.45) is 1.27. The molecule has 1 aromatic rings. The van der Waals surface area contributed by atoms with Crippen molar-refractivity contribution >= 4 is 9.84 Å². The van der Waals surface area contributed by atoms with E-state index in [1.807, 2.05) is 24.3 Å². The standard InChI is InChI=1S/C14H20O4S/c1-18-14-4-2-3-11(9-14)7-13(15)8-12-5-6-19(16,17)10-12/h2-4,9,12-13,15H,5-8,10H2,1H3. The maximum absolute atomic E-state index is 11.4. The van der Waals surface area contributed by atoms with Crippen LogP contribution in [0.15, 0.2) is 24.3 Å². The summed E-state index contributed by atoms with van der Waals surface area (Å²) in [5.74, 6) is 1.37. The summed E-state index contributed by atoms with van der Waals surface area (Å²) in [6.45, 7) is 0. The van der Waals surface area contributed by atoms with Crippen LogP contribution < -0.4 is 4.74 Å². The summed E-state index contributed by atoms with van der Waals surface area (Å²) in [5, 5.41) is 10.1. The van der Waals surface area contributed by atoms with Gasteiger partial charge in [-0.3, -0.25) is 0 Å². The largest absolute Gasteiger partial charge is 0.497 e. The monoisotopic (exact) mass is 284 g/mol. The molecular weight excluding hydrogens is 264 g/mol. The molecule has 1 N–H and O–H groups in total. The molecule has 1 aliphatic heterocycles. The average molecular weight is 284 g/mol. The quantitative estimate of drug-likeness (QED) is 0.888. The molecule has 0 spiro atoms. The number of rotatable bonds is 5. The average Bonchev–Trinajstić information content (AvgIpc) is 2.68. The molecule has 106 valence electrons. The summed E-state index contributed by atoms with van der Waals surface area (Å²) < 4.78 is 27.9. The Morgan fingerprint density at radius 2 is 2.26 bits per heavy atom. The number of benzene rings is 1. The number of hydrogen-bond acceptors (Lipinski definition) is 4. The van der Waals surface area contributed by atoms with Crippen molar-refractivity contribution in [1.29, 1.82) is 0 Å². The van der Waals surface area contributed by atoms with E-state index in [2.05, 4.69) is 0 Å². The highest BCUT2D eigenvalue weighted by molar-refractivity contribution is 7.91. The Kier molecular flexibility index (Phi) is 4.47. The predicted octanol–water partition coefficient (Wildman–Crippen LogP) is 1.42. The summed E-state index contributed by atoms with van der Waals surface area (Å²) in [5.41, 5.74) is 1.01. The lowest BCUT2D eigenvalue weighted by Gasteiger charge is -2.15. The van der Waals surface area contributed by atoms with Crippen LogP contribution in [0.3, 0.4) is 0 Å². The fourth-order valence-electron chi connectivity index (χ4n) is 2.60. The van der Waals surface area contributed by atoms with E-state index in [1.165, 1.54) is 0 Å². The Balaban J connectivity index is 1.89. The highest BCUT2D eigenvalue weighted by atomic mass is 32.2. The van der Waals surface area contributed by atoms with E-state index in [4.69, 9.17) is 4.74 Å². The van der Waals surface area contributed by atoms with Gasteiger partial charge in [-0.15, -0.1) is 0 Å². The van der Waals surface area contributed by atoms with Gasteiger partial charge in [0.25, 0.3) is 0 Å². The van der Waals surface area contributed by atoms with E-state index in [0.29, 0.717) is 19.3 Å². The van der Waals surface area contributed by atoms with Crippen LogP contribution in [0.2, 0.25) is 0 Å². The second-order valence-corrected chi connectivity index (χ2v) is 7.44. The molecule has 0 amide bonds. The van der Waals surface area contributed by atoms with Crippen LogP contribution in [0.1, 0.15) is 18.4 Å². The molecule has 0 radical (unpaired) electrons. The molecule has 5 heteroatoms. The second-order valence-electron chi connectivity index (χ2n) is 5.21. The lowest BCUT2D eigenvalue weighted by Crippen LogP contribution is -2.17. The Labute approximate surface area is 114 Å². The molecule has 1 aromatic carbocycles. The van der Waals surface area contributed by atoms with Crippen LogP contribution >= 0.6 is 0 Å². The minimum atomic E-state index is -2.86. The molecule has 1 saturated heterocycles. The Morgan fingerprint density at radius 3 is 2.89 bits per heavy atom. The minimum Gasteiger partial charge on any atom is -0.497 e. The molecule has 2 rings (SSSR count). The van der Waals surface area contributed by atoms with E-state index in [-0.39, 0.29) is 17.4 Å². The zero-order valence-electron chi connectivity index (χ0n) is 11.1. The SMILES string of the molecule is COc1cccc(CC(O)CC2CCS(=O)(=O)C2)c1. The van der Waals surface area contributed by atoms with Crippen molar-refractivity contribution in [3.8, 4) is 5.75 Å². The van der Waals surface area contributed by atoms with Gasteiger partial charge in [0, 0.05) is 0 Å². The van der Waals surface area contributed by atoms with Crippen molar-refractivity contribution in [1.82, 2.24) is 0 Å². The summed E-state index contributed by atoms with van der Waals surface area (Å²) in [4.78, 5) is 0. The third-order valence-electron chi connectivity index (χ3n) is 3.54. The first-order valence-corrected chi connectivity index (χ1v) is 8.32. The van der Waals surface area contributed by atoms with Gasteiger partial charge < -0.3 is 9.84 Å². The molecule has 19 heavy (non-hydrogen) atoms. The van der Waals surface area contributed by atoms with Crippen molar-refractivity contribution < 1.29 is 18.3 Å². The first-order valence-electron chi connectivity index (χ1n) is 6.50. The minimum absolute atomic E-state index is 0.102. The van der Waals surface area contributed by atoms with Crippen LogP contribution in [0.5, 0.6) is 5.75 Å². The topological polar surface area (TPSA) is 63.6 Å². The van der Waals surface area contributed by atoms with Crippen molar-refractivity contribution in [3.05, 3.63) is 29.8 Å². The van der Waals surface area contributed by atoms with E-state index >= 15 is 0 Å². The van der Waals surface area contributed by atoms with Crippen molar-refractivity contribution in [2.24, 2.45) is 5.92 Å². The first kappa shape index (κ1) is 14.3. The molecule has 0 saturated carbocycles. The van der Waals surface area contributed by atoms with Gasteiger partial charge in [-0.25, -0.2) is 8.42 Å². The molecular formula is C14H20O4S. The molecule has 0 aliphatic carbocycles. The van der Waals surface area contributed by atoms with Crippen LogP contribution in [0.25, 0.3) is 0 Å². The Morgan fingerprint density at radius 1 is 1.47 bits per heavy atom. The number of aliphatic hydroxyl groups is 1. The third kappa shape index (κ3) is 4.21. The van der Waals surface area contributed by atoms with Gasteiger partial charge in [0.15, 0.2) is 9.84 Å². The summed E-state index contributed by atoms with van der Waals surface area (Å²) in [6, 6.07) is 7.59. The Bertz CT molecular complexity index is 524. The van der Waals surface area contributed by atoms with Crippen LogP contribution in [-0.2, 0) is 16.3 Å². The zero-order valence-corrected chi connectivity index (χ0v) is 11.9. The highest BCUT2D eigenvalue weighted by Crippen LogP contribution is 2.24.